The first-order valence-electron chi connectivity index (χ1n) is 6.94. The number of nitrogens with zero attached hydrogens (tertiary/aromatic N) is 3. The molecule has 0 aliphatic rings. The van der Waals surface area contributed by atoms with E-state index in [9.17, 15) is 14.0 Å². The number of nitrogens with one attached hydrogen (secondary N) is 2. The normalized spacial score (nSPS) is 10.2. The molecule has 0 bridgehead atoms. The molecule has 0 spiro atoms. The standard InChI is InChI=1S/C16H12FN5O2/c17-13-4-1-11(2-5-13)15(23)20-21-16(24)12-3-6-14(19-9-12)22-8-7-18-10-22/h1-10H,(H,20,23)(H,21,24). The van der Waals surface area contributed by atoms with Crippen molar-refractivity contribution in [1.29, 1.82) is 0 Å². The summed E-state index contributed by atoms with van der Waals surface area (Å²) in [6.45, 7) is 0. The molecule has 1 aromatic carbocycles. The van der Waals surface area contributed by atoms with Gasteiger partial charge in [0.1, 0.15) is 18.0 Å². The van der Waals surface area contributed by atoms with Crippen LogP contribution in [0.2, 0.25) is 0 Å². The van der Waals surface area contributed by atoms with Crippen LogP contribution in [0.4, 0.5) is 4.39 Å². The van der Waals surface area contributed by atoms with E-state index in [1.807, 2.05) is 0 Å². The maximum Gasteiger partial charge on any atom is 0.271 e. The summed E-state index contributed by atoms with van der Waals surface area (Å²) >= 11 is 0. The molecule has 2 amide bonds. The Labute approximate surface area is 136 Å². The number of rotatable bonds is 3. The molecule has 24 heavy (non-hydrogen) atoms. The van der Waals surface area contributed by atoms with Crippen LogP contribution < -0.4 is 10.9 Å². The molecule has 2 heterocycles. The van der Waals surface area contributed by atoms with Crippen LogP contribution in [-0.2, 0) is 0 Å². The van der Waals surface area contributed by atoms with E-state index in [4.69, 9.17) is 0 Å². The van der Waals surface area contributed by atoms with E-state index in [0.717, 1.165) is 12.1 Å². The highest BCUT2D eigenvalue weighted by Crippen LogP contribution is 2.05. The fraction of sp³-hybridized carbons (Fsp3) is 0. The topological polar surface area (TPSA) is 88.9 Å². The molecule has 0 radical (unpaired) electrons. The van der Waals surface area contributed by atoms with Gasteiger partial charge in [-0.05, 0) is 36.4 Å². The summed E-state index contributed by atoms with van der Waals surface area (Å²) in [5, 5.41) is 0. The fourth-order valence-corrected chi connectivity index (χ4v) is 1.93. The Morgan fingerprint density at radius 3 is 2.21 bits per heavy atom. The van der Waals surface area contributed by atoms with Crippen LogP contribution in [0.3, 0.4) is 0 Å². The van der Waals surface area contributed by atoms with Gasteiger partial charge in [-0.2, -0.15) is 0 Å². The molecule has 0 aliphatic heterocycles. The van der Waals surface area contributed by atoms with Crippen LogP contribution >= 0.6 is 0 Å². The molecule has 0 unspecified atom stereocenters. The molecule has 7 nitrogen and oxygen atoms in total. The number of benzene rings is 1. The number of carbonyl (C=O) groups excluding carboxylic acids is 2. The second-order valence-corrected chi connectivity index (χ2v) is 4.79. The molecular formula is C16H12FN5O2. The van der Waals surface area contributed by atoms with Crippen molar-refractivity contribution in [3.8, 4) is 5.82 Å². The Morgan fingerprint density at radius 2 is 1.62 bits per heavy atom. The molecule has 0 aliphatic carbocycles. The predicted molar refractivity (Wildman–Crippen MR) is 82.7 cm³/mol. The third-order valence-corrected chi connectivity index (χ3v) is 3.17. The average molecular weight is 325 g/mol. The van der Waals surface area contributed by atoms with E-state index >= 15 is 0 Å². The molecule has 2 aromatic heterocycles. The summed E-state index contributed by atoms with van der Waals surface area (Å²) < 4.78 is 14.5. The minimum absolute atomic E-state index is 0.227. The molecule has 8 heteroatoms. The smallest absolute Gasteiger partial charge is 0.271 e. The first-order chi connectivity index (χ1) is 11.6. The van der Waals surface area contributed by atoms with Gasteiger partial charge in [-0.1, -0.05) is 0 Å². The molecule has 0 saturated heterocycles. The van der Waals surface area contributed by atoms with Crippen molar-refractivity contribution in [2.45, 2.75) is 0 Å². The van der Waals surface area contributed by atoms with Crippen molar-refractivity contribution >= 4 is 11.8 Å². The van der Waals surface area contributed by atoms with Gasteiger partial charge in [0, 0.05) is 24.2 Å². The Hall–Kier alpha value is -3.55. The minimum Gasteiger partial charge on any atom is -0.291 e. The second kappa shape index (κ2) is 6.69. The van der Waals surface area contributed by atoms with Crippen LogP contribution in [0.5, 0.6) is 0 Å². The van der Waals surface area contributed by atoms with Crippen LogP contribution in [0.15, 0.2) is 61.3 Å². The lowest BCUT2D eigenvalue weighted by Crippen LogP contribution is -2.41. The minimum atomic E-state index is -0.550. The largest absolute Gasteiger partial charge is 0.291 e. The Bertz CT molecular complexity index is 845. The van der Waals surface area contributed by atoms with Crippen LogP contribution in [0.1, 0.15) is 20.7 Å². The van der Waals surface area contributed by atoms with Gasteiger partial charge in [-0.15, -0.1) is 0 Å². The lowest BCUT2D eigenvalue weighted by atomic mass is 10.2. The highest BCUT2D eigenvalue weighted by atomic mass is 19.1. The highest BCUT2D eigenvalue weighted by molar-refractivity contribution is 5.98. The third-order valence-electron chi connectivity index (χ3n) is 3.17. The average Bonchev–Trinajstić information content (AvgIpc) is 3.15. The fourth-order valence-electron chi connectivity index (χ4n) is 1.93. The van der Waals surface area contributed by atoms with Gasteiger partial charge in [0.05, 0.1) is 5.56 Å². The second-order valence-electron chi connectivity index (χ2n) is 4.79. The van der Waals surface area contributed by atoms with E-state index in [-0.39, 0.29) is 11.1 Å². The first kappa shape index (κ1) is 15.3. The highest BCUT2D eigenvalue weighted by Gasteiger charge is 2.10. The number of hydrazine groups is 1. The van der Waals surface area contributed by atoms with E-state index in [1.165, 1.54) is 18.3 Å². The molecule has 3 aromatic rings. The van der Waals surface area contributed by atoms with Crippen molar-refractivity contribution in [3.05, 3.63) is 78.3 Å². The molecule has 2 N–H and O–H groups in total. The van der Waals surface area contributed by atoms with Gasteiger partial charge < -0.3 is 0 Å². The van der Waals surface area contributed by atoms with Crippen LogP contribution in [0.25, 0.3) is 5.82 Å². The van der Waals surface area contributed by atoms with E-state index in [1.54, 1.807) is 35.4 Å². The zero-order valence-corrected chi connectivity index (χ0v) is 12.3. The Kier molecular flexibility index (Phi) is 4.28. The molecule has 3 rings (SSSR count). The number of amides is 2. The number of carbonyl (C=O) groups is 2. The number of halogens is 1. The van der Waals surface area contributed by atoms with Gasteiger partial charge in [0.2, 0.25) is 0 Å². The summed E-state index contributed by atoms with van der Waals surface area (Å²) in [5.74, 6) is -0.902. The lowest BCUT2D eigenvalue weighted by molar-refractivity contribution is 0.0846. The molecule has 0 atom stereocenters. The van der Waals surface area contributed by atoms with Crippen molar-refractivity contribution in [2.75, 3.05) is 0 Å². The van der Waals surface area contributed by atoms with E-state index in [0.29, 0.717) is 5.82 Å². The maximum atomic E-state index is 12.8. The van der Waals surface area contributed by atoms with Crippen molar-refractivity contribution in [3.63, 3.8) is 0 Å². The van der Waals surface area contributed by atoms with E-state index in [2.05, 4.69) is 20.8 Å². The SMILES string of the molecule is O=C(NNC(=O)c1ccc(-n2ccnc2)nc1)c1ccc(F)cc1. The summed E-state index contributed by atoms with van der Waals surface area (Å²) in [5.41, 5.74) is 5.03. The molecule has 0 fully saturated rings. The summed E-state index contributed by atoms with van der Waals surface area (Å²) in [7, 11) is 0. The summed E-state index contributed by atoms with van der Waals surface area (Å²) in [4.78, 5) is 31.9. The Morgan fingerprint density at radius 1 is 0.958 bits per heavy atom. The maximum absolute atomic E-state index is 12.8. The van der Waals surface area contributed by atoms with Crippen LogP contribution in [0, 0.1) is 5.82 Å². The van der Waals surface area contributed by atoms with Gasteiger partial charge in [0.25, 0.3) is 11.8 Å². The van der Waals surface area contributed by atoms with E-state index < -0.39 is 17.6 Å². The number of hydrogen-bond donors (Lipinski definition) is 2. The molecular weight excluding hydrogens is 313 g/mol. The third kappa shape index (κ3) is 3.43. The first-order valence-corrected chi connectivity index (χ1v) is 6.94. The van der Waals surface area contributed by atoms with Gasteiger partial charge in [-0.3, -0.25) is 25.0 Å². The quantitative estimate of drug-likeness (QED) is 0.714. The Balaban J connectivity index is 1.60. The lowest BCUT2D eigenvalue weighted by Gasteiger charge is -2.08. The summed E-state index contributed by atoms with van der Waals surface area (Å²) in [6, 6.07) is 8.18. The van der Waals surface area contributed by atoms with Crippen molar-refractivity contribution < 1.29 is 14.0 Å². The zero-order chi connectivity index (χ0) is 16.9. The van der Waals surface area contributed by atoms with Gasteiger partial charge in [0.15, 0.2) is 0 Å². The number of aromatic nitrogens is 3. The predicted octanol–water partition coefficient (Wildman–Crippen LogP) is 1.48. The number of pyridine rings is 1. The zero-order valence-electron chi connectivity index (χ0n) is 12.3. The summed E-state index contributed by atoms with van der Waals surface area (Å²) in [6.07, 6.45) is 6.32. The van der Waals surface area contributed by atoms with Gasteiger partial charge >= 0.3 is 0 Å². The van der Waals surface area contributed by atoms with Crippen molar-refractivity contribution in [2.24, 2.45) is 0 Å². The van der Waals surface area contributed by atoms with Crippen molar-refractivity contribution in [1.82, 2.24) is 25.4 Å². The molecule has 0 saturated carbocycles. The monoisotopic (exact) mass is 325 g/mol. The number of hydrogen-bond acceptors (Lipinski definition) is 4. The van der Waals surface area contributed by atoms with Crippen LogP contribution in [-0.4, -0.2) is 26.3 Å². The van der Waals surface area contributed by atoms with Gasteiger partial charge in [-0.25, -0.2) is 14.4 Å². The number of imidazole rings is 1. The molecule has 120 valence electrons.